The van der Waals surface area contributed by atoms with Crippen LogP contribution in [-0.2, 0) is 0 Å². The van der Waals surface area contributed by atoms with Crippen molar-refractivity contribution in [3.63, 3.8) is 0 Å². The van der Waals surface area contributed by atoms with Gasteiger partial charge in [0, 0.05) is 12.2 Å². The van der Waals surface area contributed by atoms with E-state index in [1.54, 1.807) is 0 Å². The predicted octanol–water partition coefficient (Wildman–Crippen LogP) is 3.93. The number of hydrogen-bond donors (Lipinski definition) is 2. The van der Waals surface area contributed by atoms with Crippen molar-refractivity contribution < 1.29 is 0 Å². The van der Waals surface area contributed by atoms with Crippen LogP contribution >= 0.6 is 0 Å². The molecule has 2 rings (SSSR count). The third-order valence-electron chi connectivity index (χ3n) is 4.62. The normalized spacial score (nSPS) is 19.5. The van der Waals surface area contributed by atoms with Crippen molar-refractivity contribution >= 4 is 5.69 Å². The summed E-state index contributed by atoms with van der Waals surface area (Å²) in [5.41, 5.74) is 8.52. The van der Waals surface area contributed by atoms with E-state index < -0.39 is 0 Å². The fraction of sp³-hybridized carbons (Fsp3) is 0.647. The van der Waals surface area contributed by atoms with Crippen molar-refractivity contribution in [3.05, 3.63) is 29.8 Å². The highest BCUT2D eigenvalue weighted by Gasteiger charge is 2.27. The van der Waals surface area contributed by atoms with Gasteiger partial charge in [0.05, 0.1) is 0 Å². The van der Waals surface area contributed by atoms with Gasteiger partial charge in [0.1, 0.15) is 0 Å². The lowest BCUT2D eigenvalue weighted by Crippen LogP contribution is -2.30. The molecule has 3 N–H and O–H groups in total. The van der Waals surface area contributed by atoms with E-state index in [1.165, 1.54) is 44.2 Å². The fourth-order valence-electron chi connectivity index (χ4n) is 3.11. The second-order valence-corrected chi connectivity index (χ2v) is 6.55. The maximum atomic E-state index is 5.72. The predicted molar refractivity (Wildman–Crippen MR) is 83.3 cm³/mol. The Bertz CT molecular complexity index is 377. The molecule has 0 radical (unpaired) electrons. The molecule has 1 fully saturated rings. The summed E-state index contributed by atoms with van der Waals surface area (Å²) in [5, 5.41) is 3.66. The minimum absolute atomic E-state index is 0.560. The zero-order valence-corrected chi connectivity index (χ0v) is 12.4. The number of nitrogens with two attached hydrogens (primary N) is 1. The van der Waals surface area contributed by atoms with E-state index in [4.69, 9.17) is 5.73 Å². The van der Waals surface area contributed by atoms with Crippen LogP contribution in [0.5, 0.6) is 0 Å². The molecule has 2 nitrogen and oxygen atoms in total. The number of anilines is 1. The Morgan fingerprint density at radius 1 is 1.21 bits per heavy atom. The van der Waals surface area contributed by atoms with Gasteiger partial charge in [-0.15, -0.1) is 0 Å². The molecule has 0 spiro atoms. The third kappa shape index (κ3) is 4.24. The van der Waals surface area contributed by atoms with Crippen LogP contribution in [0.3, 0.4) is 0 Å². The molecule has 1 aromatic rings. The molecule has 1 unspecified atom stereocenters. The van der Waals surface area contributed by atoms with Crippen LogP contribution < -0.4 is 11.1 Å². The van der Waals surface area contributed by atoms with Crippen molar-refractivity contribution in [2.24, 2.45) is 5.41 Å². The van der Waals surface area contributed by atoms with Crippen molar-refractivity contribution in [3.8, 4) is 0 Å². The lowest BCUT2D eigenvalue weighted by molar-refractivity contribution is 0.314. The van der Waals surface area contributed by atoms with Gasteiger partial charge >= 0.3 is 0 Å². The second kappa shape index (κ2) is 6.42. The zero-order valence-electron chi connectivity index (χ0n) is 12.4. The third-order valence-corrected chi connectivity index (χ3v) is 4.62. The van der Waals surface area contributed by atoms with E-state index in [-0.39, 0.29) is 0 Å². The van der Waals surface area contributed by atoms with E-state index in [0.29, 0.717) is 11.3 Å². The van der Waals surface area contributed by atoms with E-state index in [2.05, 4.69) is 31.3 Å². The quantitative estimate of drug-likeness (QED) is 0.601. The summed E-state index contributed by atoms with van der Waals surface area (Å²) in [6.45, 7) is 7.02. The molecule has 1 atom stereocenters. The highest BCUT2D eigenvalue weighted by molar-refractivity contribution is 5.40. The number of hydrogen-bond acceptors (Lipinski definition) is 2. The standard InChI is InChI=1S/C17H28N2/c1-14(15-5-7-16(18)8-6-15)9-12-19-13-17(2)10-3-4-11-17/h5-8,14,19H,3-4,9-13,18H2,1-2H3. The van der Waals surface area contributed by atoms with E-state index in [0.717, 1.165) is 12.2 Å². The first-order valence-electron chi connectivity index (χ1n) is 7.65. The Hall–Kier alpha value is -1.02. The van der Waals surface area contributed by atoms with Gasteiger partial charge < -0.3 is 11.1 Å². The molecule has 2 heteroatoms. The molecule has 0 aliphatic heterocycles. The molecule has 0 amide bonds. The number of benzene rings is 1. The minimum atomic E-state index is 0.560. The van der Waals surface area contributed by atoms with Gasteiger partial charge in [0.15, 0.2) is 0 Å². The van der Waals surface area contributed by atoms with Crippen molar-refractivity contribution in [1.29, 1.82) is 0 Å². The second-order valence-electron chi connectivity index (χ2n) is 6.55. The van der Waals surface area contributed by atoms with Gasteiger partial charge in [-0.3, -0.25) is 0 Å². The summed E-state index contributed by atoms with van der Waals surface area (Å²) in [6.07, 6.45) is 6.82. The molecule has 106 valence electrons. The Labute approximate surface area is 117 Å². The molecule has 0 aromatic heterocycles. The summed E-state index contributed by atoms with van der Waals surface area (Å²) < 4.78 is 0. The molecular weight excluding hydrogens is 232 g/mol. The molecule has 0 heterocycles. The molecule has 19 heavy (non-hydrogen) atoms. The Morgan fingerprint density at radius 3 is 2.47 bits per heavy atom. The van der Waals surface area contributed by atoms with Crippen LogP contribution in [0.4, 0.5) is 5.69 Å². The first-order chi connectivity index (χ1) is 9.09. The molecular formula is C17H28N2. The smallest absolute Gasteiger partial charge is 0.0314 e. The molecule has 1 aromatic carbocycles. The summed E-state index contributed by atoms with van der Waals surface area (Å²) in [7, 11) is 0. The first-order valence-corrected chi connectivity index (χ1v) is 7.65. The SMILES string of the molecule is CC(CCNCC1(C)CCCC1)c1ccc(N)cc1. The van der Waals surface area contributed by atoms with Gasteiger partial charge in [-0.05, 0) is 54.8 Å². The number of rotatable bonds is 6. The van der Waals surface area contributed by atoms with Crippen molar-refractivity contribution in [2.45, 2.75) is 51.9 Å². The minimum Gasteiger partial charge on any atom is -0.399 e. The monoisotopic (exact) mass is 260 g/mol. The van der Waals surface area contributed by atoms with E-state index in [9.17, 15) is 0 Å². The largest absolute Gasteiger partial charge is 0.399 e. The molecule has 1 saturated carbocycles. The summed E-state index contributed by atoms with van der Waals surface area (Å²) in [5.74, 6) is 0.601. The topological polar surface area (TPSA) is 38.0 Å². The highest BCUT2D eigenvalue weighted by Crippen LogP contribution is 2.36. The number of nitrogen functional groups attached to an aromatic ring is 1. The lowest BCUT2D eigenvalue weighted by atomic mass is 9.89. The van der Waals surface area contributed by atoms with Crippen LogP contribution in [-0.4, -0.2) is 13.1 Å². The Balaban J connectivity index is 1.69. The highest BCUT2D eigenvalue weighted by atomic mass is 14.9. The van der Waals surface area contributed by atoms with Gasteiger partial charge in [-0.25, -0.2) is 0 Å². The van der Waals surface area contributed by atoms with Crippen LogP contribution in [0.15, 0.2) is 24.3 Å². The lowest BCUT2D eigenvalue weighted by Gasteiger charge is -2.24. The van der Waals surface area contributed by atoms with Crippen molar-refractivity contribution in [1.82, 2.24) is 5.32 Å². The fourth-order valence-corrected chi connectivity index (χ4v) is 3.11. The van der Waals surface area contributed by atoms with Gasteiger partial charge in [-0.1, -0.05) is 38.8 Å². The van der Waals surface area contributed by atoms with E-state index >= 15 is 0 Å². The Kier molecular flexibility index (Phi) is 4.87. The molecule has 0 bridgehead atoms. The van der Waals surface area contributed by atoms with E-state index in [1.807, 2.05) is 12.1 Å². The summed E-state index contributed by atoms with van der Waals surface area (Å²) in [4.78, 5) is 0. The maximum absolute atomic E-state index is 5.72. The van der Waals surface area contributed by atoms with Crippen molar-refractivity contribution in [2.75, 3.05) is 18.8 Å². The first kappa shape index (κ1) is 14.4. The zero-order chi connectivity index (χ0) is 13.7. The molecule has 1 aliphatic carbocycles. The van der Waals surface area contributed by atoms with Gasteiger partial charge in [-0.2, -0.15) is 0 Å². The Morgan fingerprint density at radius 2 is 1.84 bits per heavy atom. The maximum Gasteiger partial charge on any atom is 0.0314 e. The van der Waals surface area contributed by atoms with Crippen LogP contribution in [0, 0.1) is 5.41 Å². The number of nitrogens with one attached hydrogen (secondary N) is 1. The van der Waals surface area contributed by atoms with Crippen LogP contribution in [0.1, 0.15) is 57.4 Å². The average Bonchev–Trinajstić information content (AvgIpc) is 2.83. The average molecular weight is 260 g/mol. The van der Waals surface area contributed by atoms with Crippen LogP contribution in [0.2, 0.25) is 0 Å². The summed E-state index contributed by atoms with van der Waals surface area (Å²) >= 11 is 0. The summed E-state index contributed by atoms with van der Waals surface area (Å²) in [6, 6.07) is 8.30. The molecule has 0 saturated heterocycles. The van der Waals surface area contributed by atoms with Gasteiger partial charge in [0.2, 0.25) is 0 Å². The van der Waals surface area contributed by atoms with Gasteiger partial charge in [0.25, 0.3) is 0 Å². The van der Waals surface area contributed by atoms with Crippen LogP contribution in [0.25, 0.3) is 0 Å². The molecule has 1 aliphatic rings.